The highest BCUT2D eigenvalue weighted by Crippen LogP contribution is 2.40. The lowest BCUT2D eigenvalue weighted by atomic mass is 9.70. The Kier molecular flexibility index (Phi) is 5.62. The topological polar surface area (TPSA) is 115 Å². The average Bonchev–Trinajstić information content (AvgIpc) is 2.78. The Morgan fingerprint density at radius 3 is 2.56 bits per heavy atom. The van der Waals surface area contributed by atoms with Crippen molar-refractivity contribution in [2.75, 3.05) is 0 Å². The third kappa shape index (κ3) is 3.80. The Labute approximate surface area is 184 Å². The van der Waals surface area contributed by atoms with E-state index in [0.717, 1.165) is 0 Å². The monoisotopic (exact) mass is 452 g/mol. The molecule has 0 fully saturated rings. The first-order valence-corrected chi connectivity index (χ1v) is 11.4. The van der Waals surface area contributed by atoms with E-state index in [4.69, 9.17) is 5.73 Å². The largest absolute Gasteiger partial charge is 0.369 e. The van der Waals surface area contributed by atoms with Gasteiger partial charge in [-0.3, -0.25) is 14.8 Å². The minimum Gasteiger partial charge on any atom is -0.369 e. The molecule has 1 aliphatic carbocycles. The van der Waals surface area contributed by atoms with Crippen molar-refractivity contribution in [3.8, 4) is 0 Å². The molecule has 3 unspecified atom stereocenters. The zero-order valence-electron chi connectivity index (χ0n) is 17.1. The van der Waals surface area contributed by atoms with Crippen LogP contribution in [0.1, 0.15) is 18.4 Å². The molecular formula is C23H21FN4O3S. The van der Waals surface area contributed by atoms with Crippen LogP contribution in [0.4, 0.5) is 4.39 Å². The van der Waals surface area contributed by atoms with Gasteiger partial charge in [-0.25, -0.2) is 12.8 Å². The molecule has 2 aromatic carbocycles. The number of aromatic nitrogens is 2. The normalized spacial score (nSPS) is 21.5. The number of carbonyl (C=O) groups excluding carboxylic acids is 1. The maximum Gasteiger partial charge on any atom is 0.243 e. The SMILES string of the molecule is CC(c1ccc(F)cc1)C1(NS(=O)(=O)c2cccc3nccnc23)C=CC=CC1C(N)=O. The number of carbonyl (C=O) groups is 1. The number of benzene rings is 2. The van der Waals surface area contributed by atoms with E-state index in [9.17, 15) is 17.6 Å². The van der Waals surface area contributed by atoms with Gasteiger partial charge < -0.3 is 5.73 Å². The summed E-state index contributed by atoms with van der Waals surface area (Å²) >= 11 is 0. The molecule has 9 heteroatoms. The number of amides is 1. The summed E-state index contributed by atoms with van der Waals surface area (Å²) in [7, 11) is -4.19. The number of para-hydroxylation sites is 1. The van der Waals surface area contributed by atoms with Crippen LogP contribution in [0.5, 0.6) is 0 Å². The number of hydrogen-bond acceptors (Lipinski definition) is 5. The highest BCUT2D eigenvalue weighted by molar-refractivity contribution is 7.89. The minimum atomic E-state index is -4.19. The Morgan fingerprint density at radius 2 is 1.84 bits per heavy atom. The Balaban J connectivity index is 1.87. The number of nitrogens with two attached hydrogens (primary N) is 1. The molecule has 0 aliphatic heterocycles. The number of hydrogen-bond donors (Lipinski definition) is 2. The minimum absolute atomic E-state index is 0.0695. The van der Waals surface area contributed by atoms with Crippen molar-refractivity contribution in [3.63, 3.8) is 0 Å². The van der Waals surface area contributed by atoms with Crippen LogP contribution in [0.25, 0.3) is 11.0 Å². The molecule has 4 rings (SSSR count). The van der Waals surface area contributed by atoms with Crippen molar-refractivity contribution < 1.29 is 17.6 Å². The standard InChI is InChI=1S/C23H21FN4O3S/c1-15(16-8-10-17(24)11-9-16)23(12-3-2-5-18(23)22(25)29)28-32(30,31)20-7-4-6-19-21(20)27-14-13-26-19/h2-15,18,28H,1H3,(H2,25,29). The fraction of sp³-hybridized carbons (Fsp3) is 0.174. The van der Waals surface area contributed by atoms with Gasteiger partial charge in [-0.2, -0.15) is 4.72 Å². The van der Waals surface area contributed by atoms with E-state index in [-0.39, 0.29) is 10.4 Å². The lowest BCUT2D eigenvalue weighted by molar-refractivity contribution is -0.122. The number of rotatable bonds is 6. The molecule has 164 valence electrons. The smallest absolute Gasteiger partial charge is 0.243 e. The van der Waals surface area contributed by atoms with Gasteiger partial charge >= 0.3 is 0 Å². The molecule has 3 atom stereocenters. The molecule has 0 saturated carbocycles. The van der Waals surface area contributed by atoms with Crippen LogP contribution in [0, 0.1) is 11.7 Å². The number of nitrogens with zero attached hydrogens (tertiary/aromatic N) is 2. The fourth-order valence-electron chi connectivity index (χ4n) is 4.08. The summed E-state index contributed by atoms with van der Waals surface area (Å²) in [5, 5.41) is 0. The first kappa shape index (κ1) is 21.8. The summed E-state index contributed by atoms with van der Waals surface area (Å²) in [5.41, 5.74) is 5.52. The molecule has 0 bridgehead atoms. The third-order valence-electron chi connectivity index (χ3n) is 5.76. The van der Waals surface area contributed by atoms with Crippen LogP contribution >= 0.6 is 0 Å². The highest BCUT2D eigenvalue weighted by Gasteiger charge is 2.48. The summed E-state index contributed by atoms with van der Waals surface area (Å²) in [6.07, 6.45) is 9.36. The molecule has 1 amide bonds. The van der Waals surface area contributed by atoms with E-state index >= 15 is 0 Å². The number of fused-ring (bicyclic) bond motifs is 1. The molecule has 0 spiro atoms. The summed E-state index contributed by atoms with van der Waals surface area (Å²) in [4.78, 5) is 20.7. The van der Waals surface area contributed by atoms with E-state index in [0.29, 0.717) is 11.1 Å². The zero-order chi connectivity index (χ0) is 22.9. The van der Waals surface area contributed by atoms with Crippen LogP contribution < -0.4 is 10.5 Å². The van der Waals surface area contributed by atoms with Gasteiger partial charge in [0.25, 0.3) is 0 Å². The molecule has 1 aliphatic rings. The molecule has 7 nitrogen and oxygen atoms in total. The van der Waals surface area contributed by atoms with Crippen molar-refractivity contribution in [3.05, 3.63) is 90.5 Å². The van der Waals surface area contributed by atoms with E-state index in [1.165, 1.54) is 30.6 Å². The Hall–Kier alpha value is -3.43. The van der Waals surface area contributed by atoms with Gasteiger partial charge in [0, 0.05) is 18.3 Å². The molecule has 1 aromatic heterocycles. The second-order valence-corrected chi connectivity index (χ2v) is 9.27. The van der Waals surface area contributed by atoms with Crippen LogP contribution in [0.2, 0.25) is 0 Å². The van der Waals surface area contributed by atoms with Crippen molar-refractivity contribution in [2.45, 2.75) is 23.3 Å². The fourth-order valence-corrected chi connectivity index (χ4v) is 5.70. The third-order valence-corrected chi connectivity index (χ3v) is 7.29. The van der Waals surface area contributed by atoms with E-state index in [1.807, 2.05) is 0 Å². The predicted octanol–water partition coefficient (Wildman–Crippen LogP) is 2.82. The first-order chi connectivity index (χ1) is 15.2. The quantitative estimate of drug-likeness (QED) is 0.597. The van der Waals surface area contributed by atoms with Crippen molar-refractivity contribution >= 4 is 27.0 Å². The summed E-state index contributed by atoms with van der Waals surface area (Å²) in [6, 6.07) is 10.4. The zero-order valence-corrected chi connectivity index (χ0v) is 18.0. The lowest BCUT2D eigenvalue weighted by Crippen LogP contribution is -2.59. The van der Waals surface area contributed by atoms with E-state index in [1.54, 1.807) is 55.5 Å². The van der Waals surface area contributed by atoms with Crippen LogP contribution in [-0.4, -0.2) is 29.8 Å². The highest BCUT2D eigenvalue weighted by atomic mass is 32.2. The molecule has 3 aromatic rings. The molecule has 0 radical (unpaired) electrons. The van der Waals surface area contributed by atoms with Crippen LogP contribution in [0.3, 0.4) is 0 Å². The average molecular weight is 453 g/mol. The van der Waals surface area contributed by atoms with Gasteiger partial charge in [0.05, 0.1) is 17.0 Å². The van der Waals surface area contributed by atoms with Gasteiger partial charge in [-0.05, 0) is 29.8 Å². The number of allylic oxidation sites excluding steroid dienone is 2. The number of sulfonamides is 1. The maximum absolute atomic E-state index is 13.6. The Morgan fingerprint density at radius 1 is 1.12 bits per heavy atom. The van der Waals surface area contributed by atoms with Crippen molar-refractivity contribution in [2.24, 2.45) is 11.7 Å². The lowest BCUT2D eigenvalue weighted by Gasteiger charge is -2.42. The number of halogens is 1. The Bertz CT molecular complexity index is 1330. The number of primary amides is 1. The van der Waals surface area contributed by atoms with Crippen molar-refractivity contribution in [1.82, 2.24) is 14.7 Å². The molecular weight excluding hydrogens is 431 g/mol. The molecule has 32 heavy (non-hydrogen) atoms. The second-order valence-electron chi connectivity index (χ2n) is 7.62. The molecule has 1 heterocycles. The first-order valence-electron chi connectivity index (χ1n) is 9.89. The summed E-state index contributed by atoms with van der Waals surface area (Å²) < 4.78 is 43.5. The van der Waals surface area contributed by atoms with E-state index in [2.05, 4.69) is 14.7 Å². The van der Waals surface area contributed by atoms with Gasteiger partial charge in [-0.1, -0.05) is 49.4 Å². The van der Waals surface area contributed by atoms with Crippen LogP contribution in [-0.2, 0) is 14.8 Å². The van der Waals surface area contributed by atoms with Gasteiger partial charge in [0.15, 0.2) is 0 Å². The van der Waals surface area contributed by atoms with Crippen molar-refractivity contribution in [1.29, 1.82) is 0 Å². The molecule has 3 N–H and O–H groups in total. The van der Waals surface area contributed by atoms with Gasteiger partial charge in [0.1, 0.15) is 16.2 Å². The van der Waals surface area contributed by atoms with E-state index < -0.39 is 39.1 Å². The summed E-state index contributed by atoms with van der Waals surface area (Å²) in [5.74, 6) is -2.67. The maximum atomic E-state index is 13.6. The number of nitrogens with one attached hydrogen (secondary N) is 1. The van der Waals surface area contributed by atoms with Gasteiger partial charge in [0.2, 0.25) is 15.9 Å². The second kappa shape index (κ2) is 8.25. The van der Waals surface area contributed by atoms with Crippen LogP contribution in [0.15, 0.2) is 84.1 Å². The van der Waals surface area contributed by atoms with Gasteiger partial charge in [-0.15, -0.1) is 0 Å². The summed E-state index contributed by atoms with van der Waals surface area (Å²) in [6.45, 7) is 1.76. The predicted molar refractivity (Wildman–Crippen MR) is 118 cm³/mol. The molecule has 0 saturated heterocycles.